The van der Waals surface area contributed by atoms with Gasteiger partial charge in [-0.25, -0.2) is 0 Å². The zero-order chi connectivity index (χ0) is 13.8. The van der Waals surface area contributed by atoms with Crippen molar-refractivity contribution in [1.82, 2.24) is 4.98 Å². The van der Waals surface area contributed by atoms with Gasteiger partial charge in [0.05, 0.1) is 21.8 Å². The second-order valence-corrected chi connectivity index (χ2v) is 4.13. The summed E-state index contributed by atoms with van der Waals surface area (Å²) in [6.45, 7) is 0. The molecule has 2 rings (SSSR count). The molecule has 3 N–H and O–H groups in total. The van der Waals surface area contributed by atoms with Crippen LogP contribution in [0.15, 0.2) is 42.7 Å². The summed E-state index contributed by atoms with van der Waals surface area (Å²) < 4.78 is 0. The highest BCUT2D eigenvalue weighted by Gasteiger charge is 2.14. The molecule has 0 saturated carbocycles. The average Bonchev–Trinajstić information content (AvgIpc) is 2.39. The van der Waals surface area contributed by atoms with Crippen LogP contribution in [0.1, 0.15) is 20.7 Å². The minimum Gasteiger partial charge on any atom is -0.366 e. The first-order chi connectivity index (χ1) is 9.09. The molecule has 5 nitrogen and oxygen atoms in total. The lowest BCUT2D eigenvalue weighted by molar-refractivity contribution is 0.100. The average molecular weight is 276 g/mol. The second-order valence-electron chi connectivity index (χ2n) is 3.72. The third-order valence-corrected chi connectivity index (χ3v) is 2.78. The topological polar surface area (TPSA) is 85.1 Å². The smallest absolute Gasteiger partial charge is 0.258 e. The van der Waals surface area contributed by atoms with Gasteiger partial charge in [-0.1, -0.05) is 23.7 Å². The summed E-state index contributed by atoms with van der Waals surface area (Å²) in [5.74, 6) is -1.07. The molecule has 1 aromatic carbocycles. The van der Waals surface area contributed by atoms with Crippen LogP contribution in [0.2, 0.25) is 5.02 Å². The highest BCUT2D eigenvalue weighted by atomic mass is 35.5. The number of pyridine rings is 1. The molecule has 1 aromatic heterocycles. The summed E-state index contributed by atoms with van der Waals surface area (Å²) in [6.07, 6.45) is 2.83. The van der Waals surface area contributed by atoms with Crippen molar-refractivity contribution in [3.63, 3.8) is 0 Å². The van der Waals surface area contributed by atoms with E-state index in [4.69, 9.17) is 17.3 Å². The maximum absolute atomic E-state index is 12.0. The lowest BCUT2D eigenvalue weighted by Crippen LogP contribution is -2.18. The van der Waals surface area contributed by atoms with Crippen LogP contribution < -0.4 is 11.1 Å². The van der Waals surface area contributed by atoms with Crippen LogP contribution in [0.25, 0.3) is 0 Å². The van der Waals surface area contributed by atoms with E-state index in [1.807, 2.05) is 0 Å². The van der Waals surface area contributed by atoms with Gasteiger partial charge in [0, 0.05) is 12.4 Å². The van der Waals surface area contributed by atoms with Crippen molar-refractivity contribution >= 4 is 29.1 Å². The number of hydrogen-bond acceptors (Lipinski definition) is 3. The molecule has 0 spiro atoms. The molecule has 0 bridgehead atoms. The SMILES string of the molecule is NC(=O)c1ccccc1NC(=O)c1cnccc1Cl. The Hall–Kier alpha value is -2.40. The number of rotatable bonds is 3. The van der Waals surface area contributed by atoms with Crippen molar-refractivity contribution in [2.75, 3.05) is 5.32 Å². The summed E-state index contributed by atoms with van der Waals surface area (Å²) in [6, 6.07) is 7.97. The molecule has 2 aromatic rings. The molecule has 1 heterocycles. The van der Waals surface area contributed by atoms with Crippen LogP contribution in [0.4, 0.5) is 5.69 Å². The molecule has 0 fully saturated rings. The van der Waals surface area contributed by atoms with Gasteiger partial charge in [0.2, 0.25) is 0 Å². The Morgan fingerprint density at radius 1 is 1.16 bits per heavy atom. The predicted octanol–water partition coefficient (Wildman–Crippen LogP) is 2.09. The number of hydrogen-bond donors (Lipinski definition) is 2. The van der Waals surface area contributed by atoms with E-state index in [0.717, 1.165) is 0 Å². The fourth-order valence-electron chi connectivity index (χ4n) is 1.54. The molecular formula is C13H10ClN3O2. The first-order valence-electron chi connectivity index (χ1n) is 5.39. The Morgan fingerprint density at radius 3 is 2.58 bits per heavy atom. The molecule has 96 valence electrons. The van der Waals surface area contributed by atoms with E-state index in [2.05, 4.69) is 10.3 Å². The summed E-state index contributed by atoms with van der Waals surface area (Å²) in [4.78, 5) is 27.1. The number of nitrogens with zero attached hydrogens (tertiary/aromatic N) is 1. The minimum absolute atomic E-state index is 0.225. The van der Waals surface area contributed by atoms with E-state index in [1.165, 1.54) is 24.5 Å². The monoisotopic (exact) mass is 275 g/mol. The van der Waals surface area contributed by atoms with Gasteiger partial charge in [0.25, 0.3) is 11.8 Å². The zero-order valence-corrected chi connectivity index (χ0v) is 10.5. The number of amides is 2. The van der Waals surface area contributed by atoms with E-state index in [1.54, 1.807) is 18.2 Å². The minimum atomic E-state index is -0.617. The molecule has 6 heteroatoms. The first kappa shape index (κ1) is 13.0. The van der Waals surface area contributed by atoms with E-state index < -0.39 is 11.8 Å². The number of benzene rings is 1. The molecular weight excluding hydrogens is 266 g/mol. The number of anilines is 1. The third-order valence-electron chi connectivity index (χ3n) is 2.45. The van der Waals surface area contributed by atoms with Gasteiger partial charge in [0.15, 0.2) is 0 Å². The molecule has 19 heavy (non-hydrogen) atoms. The molecule has 0 radical (unpaired) electrons. The van der Waals surface area contributed by atoms with Crippen LogP contribution in [-0.4, -0.2) is 16.8 Å². The number of halogens is 1. The summed E-state index contributed by atoms with van der Waals surface area (Å²) in [5, 5.41) is 2.87. The number of aromatic nitrogens is 1. The lowest BCUT2D eigenvalue weighted by Gasteiger charge is -2.09. The molecule has 0 aliphatic heterocycles. The molecule has 0 unspecified atom stereocenters. The fourth-order valence-corrected chi connectivity index (χ4v) is 1.73. The predicted molar refractivity (Wildman–Crippen MR) is 72.2 cm³/mol. The van der Waals surface area contributed by atoms with Crippen LogP contribution in [0.3, 0.4) is 0 Å². The van der Waals surface area contributed by atoms with Gasteiger partial charge in [-0.3, -0.25) is 14.6 Å². The Labute approximate surface area is 114 Å². The van der Waals surface area contributed by atoms with Crippen LogP contribution in [0.5, 0.6) is 0 Å². The number of nitrogens with one attached hydrogen (secondary N) is 1. The summed E-state index contributed by atoms with van der Waals surface area (Å²) in [5.41, 5.74) is 6.02. The Balaban J connectivity index is 2.30. The quantitative estimate of drug-likeness (QED) is 0.899. The van der Waals surface area contributed by atoms with Gasteiger partial charge in [-0.2, -0.15) is 0 Å². The van der Waals surface area contributed by atoms with Gasteiger partial charge < -0.3 is 11.1 Å². The molecule has 2 amide bonds. The maximum atomic E-state index is 12.0. The van der Waals surface area contributed by atoms with E-state index in [-0.39, 0.29) is 16.1 Å². The van der Waals surface area contributed by atoms with Crippen molar-refractivity contribution in [2.45, 2.75) is 0 Å². The highest BCUT2D eigenvalue weighted by molar-refractivity contribution is 6.34. The molecule has 0 aliphatic rings. The van der Waals surface area contributed by atoms with E-state index in [0.29, 0.717) is 5.69 Å². The number of nitrogens with two attached hydrogens (primary N) is 1. The second kappa shape index (κ2) is 5.49. The summed E-state index contributed by atoms with van der Waals surface area (Å²) >= 11 is 5.90. The van der Waals surface area contributed by atoms with Crippen LogP contribution >= 0.6 is 11.6 Å². The summed E-state index contributed by atoms with van der Waals surface area (Å²) in [7, 11) is 0. The fraction of sp³-hybridized carbons (Fsp3) is 0. The van der Waals surface area contributed by atoms with Crippen LogP contribution in [0, 0.1) is 0 Å². The number of primary amides is 1. The standard InChI is InChI=1S/C13H10ClN3O2/c14-10-5-6-16-7-9(10)13(19)17-11-4-2-1-3-8(11)12(15)18/h1-7H,(H2,15,18)(H,17,19). The van der Waals surface area contributed by atoms with E-state index in [9.17, 15) is 9.59 Å². The Kier molecular flexibility index (Phi) is 3.77. The van der Waals surface area contributed by atoms with Crippen molar-refractivity contribution in [1.29, 1.82) is 0 Å². The Bertz CT molecular complexity index is 643. The number of para-hydroxylation sites is 1. The van der Waals surface area contributed by atoms with Crippen molar-refractivity contribution < 1.29 is 9.59 Å². The van der Waals surface area contributed by atoms with Gasteiger partial charge in [-0.15, -0.1) is 0 Å². The zero-order valence-electron chi connectivity index (χ0n) is 9.76. The van der Waals surface area contributed by atoms with Crippen molar-refractivity contribution in [3.05, 3.63) is 58.9 Å². The van der Waals surface area contributed by atoms with E-state index >= 15 is 0 Å². The lowest BCUT2D eigenvalue weighted by atomic mass is 10.1. The maximum Gasteiger partial charge on any atom is 0.258 e. The molecule has 0 atom stereocenters. The van der Waals surface area contributed by atoms with Gasteiger partial charge in [-0.05, 0) is 18.2 Å². The normalized spacial score (nSPS) is 9.95. The van der Waals surface area contributed by atoms with Gasteiger partial charge >= 0.3 is 0 Å². The van der Waals surface area contributed by atoms with Crippen molar-refractivity contribution in [3.8, 4) is 0 Å². The van der Waals surface area contributed by atoms with Crippen molar-refractivity contribution in [2.24, 2.45) is 5.73 Å². The Morgan fingerprint density at radius 2 is 1.89 bits per heavy atom. The molecule has 0 aliphatic carbocycles. The van der Waals surface area contributed by atoms with Gasteiger partial charge in [0.1, 0.15) is 0 Å². The highest BCUT2D eigenvalue weighted by Crippen LogP contribution is 2.18. The molecule has 0 saturated heterocycles. The largest absolute Gasteiger partial charge is 0.366 e. The number of carbonyl (C=O) groups is 2. The third kappa shape index (κ3) is 2.89. The number of carbonyl (C=O) groups excluding carboxylic acids is 2. The van der Waals surface area contributed by atoms with Crippen LogP contribution in [-0.2, 0) is 0 Å². The first-order valence-corrected chi connectivity index (χ1v) is 5.77.